The summed E-state index contributed by atoms with van der Waals surface area (Å²) >= 11 is 0. The Labute approximate surface area is 347 Å². The minimum Gasteiger partial charge on any atom is -0.309 e. The minimum atomic E-state index is 0.584. The molecule has 0 spiro atoms. The second-order valence-electron chi connectivity index (χ2n) is 17.9. The molecule has 0 aliphatic heterocycles. The van der Waals surface area contributed by atoms with Crippen molar-refractivity contribution in [2.75, 3.05) is 9.80 Å². The van der Waals surface area contributed by atoms with E-state index in [0.717, 1.165) is 0 Å². The normalized spacial score (nSPS) is 15.3. The molecule has 2 aliphatic rings. The summed E-state index contributed by atoms with van der Waals surface area (Å²) in [7, 11) is 0. The van der Waals surface area contributed by atoms with Gasteiger partial charge in [-0.25, -0.2) is 0 Å². The van der Waals surface area contributed by atoms with E-state index in [1.54, 1.807) is 0 Å². The summed E-state index contributed by atoms with van der Waals surface area (Å²) in [5.41, 5.74) is 18.1. The highest BCUT2D eigenvalue weighted by molar-refractivity contribution is 6.23. The van der Waals surface area contributed by atoms with E-state index in [9.17, 15) is 0 Å². The summed E-state index contributed by atoms with van der Waals surface area (Å²) in [4.78, 5) is 5.18. The molecular formula is C56H60N2. The third-order valence-electron chi connectivity index (χ3n) is 13.7. The van der Waals surface area contributed by atoms with Crippen LogP contribution in [0.15, 0.2) is 121 Å². The molecule has 0 amide bonds. The minimum absolute atomic E-state index is 0.584. The van der Waals surface area contributed by atoms with Crippen LogP contribution in [0, 0.1) is 41.5 Å². The Bertz CT molecular complexity index is 2440. The molecule has 0 radical (unpaired) electrons. The fourth-order valence-corrected chi connectivity index (χ4v) is 10.2. The highest BCUT2D eigenvalue weighted by atomic mass is 15.2. The Morgan fingerprint density at radius 1 is 0.345 bits per heavy atom. The molecule has 0 N–H and O–H groups in total. The van der Waals surface area contributed by atoms with Gasteiger partial charge in [0.2, 0.25) is 0 Å². The number of rotatable bonds is 8. The Balaban J connectivity index is 1.45. The van der Waals surface area contributed by atoms with Crippen LogP contribution < -0.4 is 9.80 Å². The number of anilines is 6. The van der Waals surface area contributed by atoms with Crippen LogP contribution in [0.5, 0.6) is 0 Å². The molecule has 7 aromatic carbocycles. The molecule has 58 heavy (non-hydrogen) atoms. The van der Waals surface area contributed by atoms with Crippen LogP contribution in [0.2, 0.25) is 0 Å². The van der Waals surface area contributed by atoms with E-state index >= 15 is 0 Å². The van der Waals surface area contributed by atoms with Gasteiger partial charge in [-0.3, -0.25) is 0 Å². The molecule has 0 heterocycles. The number of hydrogen-bond acceptors (Lipinski definition) is 2. The van der Waals surface area contributed by atoms with Crippen molar-refractivity contribution in [1.82, 2.24) is 0 Å². The second kappa shape index (κ2) is 16.1. The summed E-state index contributed by atoms with van der Waals surface area (Å²) in [5.74, 6) is 1.17. The molecular weight excluding hydrogens is 701 g/mol. The second-order valence-corrected chi connectivity index (χ2v) is 17.9. The van der Waals surface area contributed by atoms with Gasteiger partial charge in [-0.1, -0.05) is 99.2 Å². The summed E-state index contributed by atoms with van der Waals surface area (Å²) in [6.07, 6.45) is 13.0. The fraction of sp³-hybridized carbons (Fsp3) is 0.321. The predicted octanol–water partition coefficient (Wildman–Crippen LogP) is 16.9. The third-order valence-corrected chi connectivity index (χ3v) is 13.7. The van der Waals surface area contributed by atoms with E-state index in [1.165, 1.54) is 164 Å². The first-order valence-electron chi connectivity index (χ1n) is 22.1. The molecule has 0 aromatic heterocycles. The monoisotopic (exact) mass is 760 g/mol. The van der Waals surface area contributed by atoms with Gasteiger partial charge in [0.05, 0.1) is 11.4 Å². The highest BCUT2D eigenvalue weighted by Crippen LogP contribution is 2.53. The van der Waals surface area contributed by atoms with Crippen molar-refractivity contribution in [1.29, 1.82) is 0 Å². The lowest BCUT2D eigenvalue weighted by Gasteiger charge is -2.34. The summed E-state index contributed by atoms with van der Waals surface area (Å²) < 4.78 is 0. The number of aryl methyl sites for hydroxylation is 6. The van der Waals surface area contributed by atoms with E-state index in [1.807, 2.05) is 0 Å². The van der Waals surface area contributed by atoms with Crippen LogP contribution in [-0.2, 0) is 0 Å². The van der Waals surface area contributed by atoms with Crippen LogP contribution in [0.25, 0.3) is 21.5 Å². The van der Waals surface area contributed by atoms with Crippen LogP contribution in [0.3, 0.4) is 0 Å². The largest absolute Gasteiger partial charge is 0.309 e. The quantitative estimate of drug-likeness (QED) is 0.112. The van der Waals surface area contributed by atoms with E-state index in [-0.39, 0.29) is 0 Å². The van der Waals surface area contributed by atoms with Gasteiger partial charge in [-0.2, -0.15) is 0 Å². The number of nitrogens with zero attached hydrogens (tertiary/aromatic N) is 2. The Morgan fingerprint density at radius 3 is 1.12 bits per heavy atom. The Morgan fingerprint density at radius 2 is 0.741 bits per heavy atom. The van der Waals surface area contributed by atoms with Gasteiger partial charge in [0.15, 0.2) is 0 Å². The number of fused-ring (bicyclic) bond motifs is 2. The third kappa shape index (κ3) is 7.32. The topological polar surface area (TPSA) is 6.48 Å². The molecule has 2 fully saturated rings. The zero-order valence-corrected chi connectivity index (χ0v) is 35.7. The van der Waals surface area contributed by atoms with Crippen LogP contribution in [0.1, 0.15) is 121 Å². The molecule has 2 aliphatic carbocycles. The molecule has 294 valence electrons. The van der Waals surface area contributed by atoms with E-state index in [2.05, 4.69) is 173 Å². The van der Waals surface area contributed by atoms with Crippen LogP contribution >= 0.6 is 0 Å². The average Bonchev–Trinajstić information content (AvgIpc) is 3.24. The lowest BCUT2D eigenvalue weighted by atomic mass is 9.81. The van der Waals surface area contributed by atoms with Crippen molar-refractivity contribution in [2.24, 2.45) is 0 Å². The Hall–Kier alpha value is -5.34. The summed E-state index contributed by atoms with van der Waals surface area (Å²) in [6.45, 7) is 13.4. The zero-order chi connectivity index (χ0) is 39.9. The van der Waals surface area contributed by atoms with Crippen molar-refractivity contribution >= 4 is 55.7 Å². The van der Waals surface area contributed by atoms with Crippen LogP contribution in [-0.4, -0.2) is 0 Å². The van der Waals surface area contributed by atoms with E-state index in [4.69, 9.17) is 0 Å². The highest BCUT2D eigenvalue weighted by Gasteiger charge is 2.28. The summed E-state index contributed by atoms with van der Waals surface area (Å²) in [5, 5.41) is 5.22. The SMILES string of the molecule is Cc1cccc(N(c2ccc(C)c(C)c2)c2c3ccc(C4CCCCC4)cc3c(N(c3cccc(C)c3)c3ccc(C)c(C)c3)c3ccc(C4CCCCC4)cc23)c1. The molecule has 7 aromatic rings. The number of benzene rings is 7. The molecule has 9 rings (SSSR count). The maximum atomic E-state index is 2.61. The molecule has 0 atom stereocenters. The van der Waals surface area contributed by atoms with Crippen LogP contribution in [0.4, 0.5) is 34.1 Å². The predicted molar refractivity (Wildman–Crippen MR) is 251 cm³/mol. The molecule has 0 saturated heterocycles. The Kier molecular flexibility index (Phi) is 10.6. The average molecular weight is 761 g/mol. The van der Waals surface area contributed by atoms with Crippen molar-refractivity contribution in [3.8, 4) is 0 Å². The van der Waals surface area contributed by atoms with Crippen molar-refractivity contribution in [3.05, 3.63) is 166 Å². The van der Waals surface area contributed by atoms with Gasteiger partial charge in [-0.05, 0) is 184 Å². The standard InChI is InChI=1S/C56H60N2/c1-37-15-13-21-47(31-37)57(49-27-23-39(3)41(5)33-49)55-51-29-25-46(44-19-11-8-12-20-44)36-54(51)56(52-30-26-45(35-53(52)55)43-17-9-7-10-18-43)58(48-22-14-16-38(2)32-48)50-28-24-40(4)42(6)34-50/h13-16,21-36,43-44H,7-12,17-20H2,1-6H3. The van der Waals surface area contributed by atoms with E-state index in [0.29, 0.717) is 11.8 Å². The van der Waals surface area contributed by atoms with Gasteiger partial charge < -0.3 is 9.80 Å². The zero-order valence-electron chi connectivity index (χ0n) is 35.7. The van der Waals surface area contributed by atoms with E-state index < -0.39 is 0 Å². The van der Waals surface area contributed by atoms with Gasteiger partial charge >= 0.3 is 0 Å². The number of hydrogen-bond donors (Lipinski definition) is 0. The first-order chi connectivity index (χ1) is 28.2. The van der Waals surface area contributed by atoms with Gasteiger partial charge in [-0.15, -0.1) is 0 Å². The fourth-order valence-electron chi connectivity index (χ4n) is 10.2. The van der Waals surface area contributed by atoms with Gasteiger partial charge in [0, 0.05) is 44.3 Å². The molecule has 2 saturated carbocycles. The molecule has 0 bridgehead atoms. The van der Waals surface area contributed by atoms with Gasteiger partial charge in [0.25, 0.3) is 0 Å². The smallest absolute Gasteiger partial charge is 0.0620 e. The first-order valence-corrected chi connectivity index (χ1v) is 22.1. The van der Waals surface area contributed by atoms with Crippen molar-refractivity contribution in [2.45, 2.75) is 118 Å². The van der Waals surface area contributed by atoms with Crippen molar-refractivity contribution < 1.29 is 0 Å². The summed E-state index contributed by atoms with van der Waals surface area (Å²) in [6, 6.07) is 47.6. The van der Waals surface area contributed by atoms with Gasteiger partial charge in [0.1, 0.15) is 0 Å². The maximum Gasteiger partial charge on any atom is 0.0620 e. The van der Waals surface area contributed by atoms with Crippen molar-refractivity contribution in [3.63, 3.8) is 0 Å². The lowest BCUT2D eigenvalue weighted by Crippen LogP contribution is -2.16. The maximum absolute atomic E-state index is 2.61. The first kappa shape index (κ1) is 38.2. The molecule has 0 unspecified atom stereocenters. The molecule has 2 nitrogen and oxygen atoms in total. The lowest BCUT2D eigenvalue weighted by molar-refractivity contribution is 0.444. The molecule has 2 heteroatoms.